The van der Waals surface area contributed by atoms with Gasteiger partial charge in [0.25, 0.3) is 0 Å². The molecule has 5 rings (SSSR count). The van der Waals surface area contributed by atoms with E-state index in [1.807, 2.05) is 24.4 Å². The first-order valence-corrected chi connectivity index (χ1v) is 10.1. The molecule has 0 saturated carbocycles. The van der Waals surface area contributed by atoms with Gasteiger partial charge < -0.3 is 19.1 Å². The summed E-state index contributed by atoms with van der Waals surface area (Å²) in [4.78, 5) is 5.75. The van der Waals surface area contributed by atoms with Gasteiger partial charge in [0.2, 0.25) is 0 Å². The minimum Gasteiger partial charge on any atom is -0.494 e. The van der Waals surface area contributed by atoms with Gasteiger partial charge in [-0.25, -0.2) is 0 Å². The van der Waals surface area contributed by atoms with Crippen LogP contribution in [0.2, 0.25) is 0 Å². The fourth-order valence-corrected chi connectivity index (χ4v) is 4.23. The Morgan fingerprint density at radius 2 is 2.00 bits per heavy atom. The predicted molar refractivity (Wildman–Crippen MR) is 111 cm³/mol. The first-order chi connectivity index (χ1) is 13.9. The quantitative estimate of drug-likeness (QED) is 0.484. The number of nitrogens with one attached hydrogen (secondary N) is 1. The number of likely N-dealkylation sites (tertiary alicyclic amines) is 1. The van der Waals surface area contributed by atoms with Crippen LogP contribution in [0.25, 0.3) is 21.9 Å². The number of fused-ring (bicyclic) bond motifs is 2. The SMILES string of the molecule is c1ccc2c(C3CCN(CCCOc4ccc5[nH]ccc5c4)CC3)noc2c1. The van der Waals surface area contributed by atoms with Gasteiger partial charge in [0.15, 0.2) is 5.58 Å². The Balaban J connectivity index is 1.09. The van der Waals surface area contributed by atoms with Gasteiger partial charge in [-0.3, -0.25) is 0 Å². The van der Waals surface area contributed by atoms with Gasteiger partial charge in [0, 0.05) is 34.9 Å². The van der Waals surface area contributed by atoms with E-state index in [9.17, 15) is 0 Å². The summed E-state index contributed by atoms with van der Waals surface area (Å²) < 4.78 is 11.4. The Kier molecular flexibility index (Phi) is 4.75. The van der Waals surface area contributed by atoms with E-state index in [2.05, 4.69) is 45.4 Å². The highest BCUT2D eigenvalue weighted by atomic mass is 16.5. The lowest BCUT2D eigenvalue weighted by atomic mass is 9.91. The molecule has 1 fully saturated rings. The molecule has 2 aromatic heterocycles. The Hall–Kier alpha value is -2.79. The van der Waals surface area contributed by atoms with Crippen molar-refractivity contribution in [3.63, 3.8) is 0 Å². The van der Waals surface area contributed by atoms with Crippen molar-refractivity contribution >= 4 is 21.9 Å². The number of H-pyrrole nitrogens is 1. The van der Waals surface area contributed by atoms with Gasteiger partial charge in [-0.15, -0.1) is 0 Å². The van der Waals surface area contributed by atoms with Crippen LogP contribution in [0.15, 0.2) is 59.3 Å². The number of rotatable bonds is 6. The molecule has 0 spiro atoms. The van der Waals surface area contributed by atoms with Crippen LogP contribution in [0.1, 0.15) is 30.9 Å². The van der Waals surface area contributed by atoms with E-state index in [1.54, 1.807) is 0 Å². The lowest BCUT2D eigenvalue weighted by Gasteiger charge is -2.31. The first-order valence-electron chi connectivity index (χ1n) is 10.1. The summed E-state index contributed by atoms with van der Waals surface area (Å²) in [5.74, 6) is 1.45. The number of aromatic amines is 1. The minimum atomic E-state index is 0.504. The maximum absolute atomic E-state index is 5.94. The number of nitrogens with zero attached hydrogens (tertiary/aromatic N) is 2. The fraction of sp³-hybridized carbons (Fsp3) is 0.348. The molecular formula is C23H25N3O2. The van der Waals surface area contributed by atoms with Crippen molar-refractivity contribution in [1.29, 1.82) is 0 Å². The number of benzene rings is 2. The summed E-state index contributed by atoms with van der Waals surface area (Å²) in [6, 6.07) is 16.5. The monoisotopic (exact) mass is 375 g/mol. The third kappa shape index (κ3) is 3.50. The molecular weight excluding hydrogens is 350 g/mol. The third-order valence-corrected chi connectivity index (χ3v) is 5.79. The zero-order chi connectivity index (χ0) is 18.8. The van der Waals surface area contributed by atoms with E-state index in [0.717, 1.165) is 68.0 Å². The van der Waals surface area contributed by atoms with E-state index in [0.29, 0.717) is 5.92 Å². The van der Waals surface area contributed by atoms with Crippen molar-refractivity contribution in [2.45, 2.75) is 25.2 Å². The largest absolute Gasteiger partial charge is 0.494 e. The minimum absolute atomic E-state index is 0.504. The summed E-state index contributed by atoms with van der Waals surface area (Å²) in [5.41, 5.74) is 3.18. The van der Waals surface area contributed by atoms with Crippen LogP contribution < -0.4 is 4.74 Å². The number of para-hydroxylation sites is 1. The number of aromatic nitrogens is 2. The fourth-order valence-electron chi connectivity index (χ4n) is 4.23. The second kappa shape index (κ2) is 7.68. The van der Waals surface area contributed by atoms with Gasteiger partial charge in [-0.1, -0.05) is 17.3 Å². The number of hydrogen-bond donors (Lipinski definition) is 1. The van der Waals surface area contributed by atoms with E-state index in [1.165, 1.54) is 10.8 Å². The van der Waals surface area contributed by atoms with Crippen LogP contribution in [-0.4, -0.2) is 41.3 Å². The summed E-state index contributed by atoms with van der Waals surface area (Å²) in [5, 5.41) is 6.72. The standard InChI is InChI=1S/C23H25N3O2/c1-2-5-22-20(4-1)23(25-28-22)17-9-13-26(14-10-17)12-3-15-27-19-6-7-21-18(16-19)8-11-24-21/h1-2,4-8,11,16-17,24H,3,9-10,12-15H2. The molecule has 28 heavy (non-hydrogen) atoms. The molecule has 144 valence electrons. The van der Waals surface area contributed by atoms with Crippen LogP contribution in [0.3, 0.4) is 0 Å². The topological polar surface area (TPSA) is 54.3 Å². The molecule has 2 aromatic carbocycles. The van der Waals surface area contributed by atoms with Crippen molar-refractivity contribution in [3.8, 4) is 5.75 Å². The number of hydrogen-bond acceptors (Lipinski definition) is 4. The summed E-state index contributed by atoms with van der Waals surface area (Å²) >= 11 is 0. The molecule has 0 unspecified atom stereocenters. The Morgan fingerprint density at radius 3 is 2.93 bits per heavy atom. The highest BCUT2D eigenvalue weighted by Gasteiger charge is 2.24. The van der Waals surface area contributed by atoms with Crippen molar-refractivity contribution in [2.24, 2.45) is 0 Å². The number of piperidine rings is 1. The molecule has 5 heteroatoms. The van der Waals surface area contributed by atoms with Crippen molar-refractivity contribution in [3.05, 3.63) is 60.4 Å². The van der Waals surface area contributed by atoms with E-state index in [-0.39, 0.29) is 0 Å². The maximum Gasteiger partial charge on any atom is 0.167 e. The molecule has 0 radical (unpaired) electrons. The average Bonchev–Trinajstić information content (AvgIpc) is 3.38. The van der Waals surface area contributed by atoms with Crippen molar-refractivity contribution < 1.29 is 9.26 Å². The highest BCUT2D eigenvalue weighted by molar-refractivity contribution is 5.81. The van der Waals surface area contributed by atoms with Crippen molar-refractivity contribution in [2.75, 3.05) is 26.2 Å². The van der Waals surface area contributed by atoms with E-state index < -0.39 is 0 Å². The van der Waals surface area contributed by atoms with Crippen LogP contribution in [-0.2, 0) is 0 Å². The molecule has 1 N–H and O–H groups in total. The van der Waals surface area contributed by atoms with Crippen molar-refractivity contribution in [1.82, 2.24) is 15.0 Å². The molecule has 0 amide bonds. The zero-order valence-electron chi connectivity index (χ0n) is 15.9. The second-order valence-electron chi connectivity index (χ2n) is 7.61. The molecule has 5 nitrogen and oxygen atoms in total. The third-order valence-electron chi connectivity index (χ3n) is 5.79. The molecule has 3 heterocycles. The normalized spacial score (nSPS) is 16.1. The Bertz CT molecular complexity index is 1060. The van der Waals surface area contributed by atoms with Gasteiger partial charge >= 0.3 is 0 Å². The number of ether oxygens (including phenoxy) is 1. The Labute approximate surface area is 164 Å². The lowest BCUT2D eigenvalue weighted by Crippen LogP contribution is -2.34. The molecule has 1 aliphatic rings. The lowest BCUT2D eigenvalue weighted by molar-refractivity contribution is 0.191. The second-order valence-corrected chi connectivity index (χ2v) is 7.61. The smallest absolute Gasteiger partial charge is 0.167 e. The molecule has 1 aliphatic heterocycles. The average molecular weight is 375 g/mol. The zero-order valence-corrected chi connectivity index (χ0v) is 15.9. The maximum atomic E-state index is 5.94. The van der Waals surface area contributed by atoms with Crippen LogP contribution >= 0.6 is 0 Å². The van der Waals surface area contributed by atoms with Crippen LogP contribution in [0.5, 0.6) is 5.75 Å². The summed E-state index contributed by atoms with van der Waals surface area (Å²) in [6.45, 7) is 4.06. The van der Waals surface area contributed by atoms with Gasteiger partial charge in [-0.05, 0) is 68.8 Å². The van der Waals surface area contributed by atoms with Gasteiger partial charge in [-0.2, -0.15) is 0 Å². The summed E-state index contributed by atoms with van der Waals surface area (Å²) in [6.07, 6.45) is 5.28. The molecule has 0 atom stereocenters. The molecule has 1 saturated heterocycles. The van der Waals surface area contributed by atoms with Crippen LogP contribution in [0.4, 0.5) is 0 Å². The summed E-state index contributed by atoms with van der Waals surface area (Å²) in [7, 11) is 0. The molecule has 0 bridgehead atoms. The Morgan fingerprint density at radius 1 is 1.11 bits per heavy atom. The molecule has 0 aliphatic carbocycles. The van der Waals surface area contributed by atoms with Gasteiger partial charge in [0.1, 0.15) is 5.75 Å². The first kappa shape index (κ1) is 17.3. The molecule has 4 aromatic rings. The van der Waals surface area contributed by atoms with Gasteiger partial charge in [0.05, 0.1) is 12.3 Å². The van der Waals surface area contributed by atoms with E-state index >= 15 is 0 Å². The van der Waals surface area contributed by atoms with E-state index in [4.69, 9.17) is 9.26 Å². The van der Waals surface area contributed by atoms with Crippen LogP contribution in [0, 0.1) is 0 Å². The predicted octanol–water partition coefficient (Wildman–Crippen LogP) is 4.96. The highest BCUT2D eigenvalue weighted by Crippen LogP contribution is 2.32.